The fraction of sp³-hybridized carbons (Fsp3) is 0.500. The maximum Gasteiger partial charge on any atom is 0.350 e. The maximum absolute atomic E-state index is 12.7. The molecule has 1 amide bonds. The molecule has 1 heterocycles. The summed E-state index contributed by atoms with van der Waals surface area (Å²) in [7, 11) is 1.32. The molecule has 21 heavy (non-hydrogen) atoms. The van der Waals surface area contributed by atoms with Crippen molar-refractivity contribution in [2.75, 3.05) is 12.4 Å². The van der Waals surface area contributed by atoms with E-state index in [4.69, 9.17) is 22.7 Å². The van der Waals surface area contributed by atoms with Gasteiger partial charge in [0.05, 0.1) is 23.2 Å². The van der Waals surface area contributed by atoms with E-state index in [2.05, 4.69) is 5.32 Å². The van der Waals surface area contributed by atoms with Crippen molar-refractivity contribution in [3.05, 3.63) is 15.8 Å². The van der Waals surface area contributed by atoms with Gasteiger partial charge in [-0.3, -0.25) is 4.79 Å². The van der Waals surface area contributed by atoms with Crippen LogP contribution in [0.2, 0.25) is 0 Å². The fourth-order valence-corrected chi connectivity index (χ4v) is 3.86. The number of carbonyl (C=O) groups excluding carboxylic acids is 2. The molecule has 1 aliphatic carbocycles. The third-order valence-electron chi connectivity index (χ3n) is 3.95. The second-order valence-electron chi connectivity index (χ2n) is 5.22. The van der Waals surface area contributed by atoms with Gasteiger partial charge in [-0.1, -0.05) is 25.1 Å². The van der Waals surface area contributed by atoms with E-state index in [0.717, 1.165) is 18.4 Å². The lowest BCUT2D eigenvalue weighted by Gasteiger charge is -2.26. The van der Waals surface area contributed by atoms with Crippen LogP contribution in [0.25, 0.3) is 0 Å². The maximum atomic E-state index is 12.7. The van der Waals surface area contributed by atoms with Crippen LogP contribution in [0, 0.1) is 12.3 Å². The summed E-state index contributed by atoms with van der Waals surface area (Å²) in [4.78, 5) is 25.0. The molecule has 1 saturated carbocycles. The van der Waals surface area contributed by atoms with Gasteiger partial charge in [-0.25, -0.2) is 4.79 Å². The van der Waals surface area contributed by atoms with E-state index in [1.807, 2.05) is 12.3 Å². The third-order valence-corrected chi connectivity index (χ3v) is 5.42. The number of hydrogen-bond acceptors (Lipinski definition) is 5. The second-order valence-corrected chi connectivity index (χ2v) is 6.54. The van der Waals surface area contributed by atoms with E-state index in [1.54, 1.807) is 0 Å². The molecule has 0 saturated heterocycles. The number of thiophene rings is 1. The standard InChI is InChI=1S/C14H18N2O3S2/c1-8-7-21-10(11(17)19-2)9(8)16-13(18)14(12(15)20)5-3-4-6-14/h7H,3-6H2,1-2H3,(H2,15,20)(H,16,18). The van der Waals surface area contributed by atoms with Crippen LogP contribution in [0.3, 0.4) is 0 Å². The first-order valence-corrected chi connectivity index (χ1v) is 7.99. The zero-order valence-corrected chi connectivity index (χ0v) is 13.7. The largest absolute Gasteiger partial charge is 0.465 e. The summed E-state index contributed by atoms with van der Waals surface area (Å²) in [6, 6.07) is 0. The number of anilines is 1. The van der Waals surface area contributed by atoms with Crippen molar-refractivity contribution >= 4 is 46.1 Å². The number of esters is 1. The highest BCUT2D eigenvalue weighted by Gasteiger charge is 2.44. The fourth-order valence-electron chi connectivity index (χ4n) is 2.64. The zero-order valence-electron chi connectivity index (χ0n) is 12.0. The minimum Gasteiger partial charge on any atom is -0.465 e. The number of amides is 1. The van der Waals surface area contributed by atoms with Crippen molar-refractivity contribution in [2.45, 2.75) is 32.6 Å². The summed E-state index contributed by atoms with van der Waals surface area (Å²) < 4.78 is 4.74. The van der Waals surface area contributed by atoms with Crippen LogP contribution in [0.4, 0.5) is 5.69 Å². The number of methoxy groups -OCH3 is 1. The van der Waals surface area contributed by atoms with E-state index in [-0.39, 0.29) is 10.9 Å². The summed E-state index contributed by atoms with van der Waals surface area (Å²) >= 11 is 6.35. The van der Waals surface area contributed by atoms with Crippen molar-refractivity contribution < 1.29 is 14.3 Å². The number of ether oxygens (including phenoxy) is 1. The molecule has 7 heteroatoms. The Kier molecular flexibility index (Phi) is 4.63. The number of nitrogens with one attached hydrogen (secondary N) is 1. The van der Waals surface area contributed by atoms with Gasteiger partial charge in [0.2, 0.25) is 5.91 Å². The molecule has 1 aliphatic rings. The molecule has 114 valence electrons. The van der Waals surface area contributed by atoms with E-state index >= 15 is 0 Å². The summed E-state index contributed by atoms with van der Waals surface area (Å²) in [5.74, 6) is -0.682. The van der Waals surface area contributed by atoms with E-state index in [0.29, 0.717) is 23.4 Å². The molecular weight excluding hydrogens is 308 g/mol. The third kappa shape index (κ3) is 2.80. The lowest BCUT2D eigenvalue weighted by Crippen LogP contribution is -2.44. The van der Waals surface area contributed by atoms with Crippen LogP contribution < -0.4 is 11.1 Å². The zero-order chi connectivity index (χ0) is 15.6. The number of nitrogens with two attached hydrogens (primary N) is 1. The average Bonchev–Trinajstić information content (AvgIpc) is 3.07. The molecule has 1 aromatic rings. The molecule has 0 unspecified atom stereocenters. The quantitative estimate of drug-likeness (QED) is 0.656. The summed E-state index contributed by atoms with van der Waals surface area (Å²) in [5.41, 5.74) is 6.34. The molecule has 0 aromatic carbocycles. The van der Waals surface area contributed by atoms with Crippen LogP contribution >= 0.6 is 23.6 Å². The molecule has 2 rings (SSSR count). The Morgan fingerprint density at radius 1 is 1.43 bits per heavy atom. The normalized spacial score (nSPS) is 16.5. The van der Waals surface area contributed by atoms with Gasteiger partial charge < -0.3 is 15.8 Å². The SMILES string of the molecule is COC(=O)c1scc(C)c1NC(=O)C1(C(N)=S)CCCC1. The molecule has 0 radical (unpaired) electrons. The molecule has 0 atom stereocenters. The van der Waals surface area contributed by atoms with Gasteiger partial charge in [-0.05, 0) is 30.7 Å². The first-order valence-electron chi connectivity index (χ1n) is 6.70. The molecule has 1 fully saturated rings. The first kappa shape index (κ1) is 15.9. The minimum atomic E-state index is -0.795. The number of hydrogen-bond donors (Lipinski definition) is 2. The monoisotopic (exact) mass is 326 g/mol. The highest BCUT2D eigenvalue weighted by molar-refractivity contribution is 7.80. The Labute approximate surface area is 132 Å². The highest BCUT2D eigenvalue weighted by atomic mass is 32.1. The van der Waals surface area contributed by atoms with Gasteiger partial charge in [0.1, 0.15) is 4.88 Å². The summed E-state index contributed by atoms with van der Waals surface area (Å²) in [6.45, 7) is 1.83. The Hall–Kier alpha value is -1.47. The van der Waals surface area contributed by atoms with Gasteiger partial charge in [0.15, 0.2) is 0 Å². The molecule has 1 aromatic heterocycles. The van der Waals surface area contributed by atoms with Gasteiger partial charge in [-0.15, -0.1) is 11.3 Å². The van der Waals surface area contributed by atoms with Crippen molar-refractivity contribution in [1.82, 2.24) is 0 Å². The predicted molar refractivity (Wildman–Crippen MR) is 86.7 cm³/mol. The van der Waals surface area contributed by atoms with Crippen molar-refractivity contribution in [3.8, 4) is 0 Å². The number of thiocarbonyl (C=S) groups is 1. The van der Waals surface area contributed by atoms with Crippen LogP contribution in [-0.2, 0) is 9.53 Å². The topological polar surface area (TPSA) is 81.4 Å². The molecule has 3 N–H and O–H groups in total. The number of carbonyl (C=O) groups is 2. The Morgan fingerprint density at radius 2 is 2.05 bits per heavy atom. The number of aryl methyl sites for hydroxylation is 1. The van der Waals surface area contributed by atoms with Crippen LogP contribution in [0.1, 0.15) is 40.9 Å². The second kappa shape index (κ2) is 6.11. The van der Waals surface area contributed by atoms with Gasteiger partial charge in [0, 0.05) is 0 Å². The Bertz CT molecular complexity index is 589. The molecule has 0 bridgehead atoms. The van der Waals surface area contributed by atoms with Gasteiger partial charge >= 0.3 is 5.97 Å². The van der Waals surface area contributed by atoms with Crippen LogP contribution in [0.5, 0.6) is 0 Å². The number of rotatable bonds is 4. The predicted octanol–water partition coefficient (Wildman–Crippen LogP) is 2.63. The van der Waals surface area contributed by atoms with E-state index in [9.17, 15) is 9.59 Å². The lowest BCUT2D eigenvalue weighted by atomic mass is 9.85. The summed E-state index contributed by atoms with van der Waals surface area (Å²) in [5, 5.41) is 4.65. The lowest BCUT2D eigenvalue weighted by molar-refractivity contribution is -0.122. The highest BCUT2D eigenvalue weighted by Crippen LogP contribution is 2.40. The Morgan fingerprint density at radius 3 is 2.57 bits per heavy atom. The Balaban J connectivity index is 2.29. The average molecular weight is 326 g/mol. The first-order chi connectivity index (χ1) is 9.92. The molecule has 0 aliphatic heterocycles. The van der Waals surface area contributed by atoms with Gasteiger partial charge in [-0.2, -0.15) is 0 Å². The van der Waals surface area contributed by atoms with Crippen molar-refractivity contribution in [1.29, 1.82) is 0 Å². The van der Waals surface area contributed by atoms with E-state index in [1.165, 1.54) is 18.4 Å². The molecule has 5 nitrogen and oxygen atoms in total. The minimum absolute atomic E-state index is 0.223. The molecular formula is C14H18N2O3S2. The van der Waals surface area contributed by atoms with Crippen LogP contribution in [0.15, 0.2) is 5.38 Å². The van der Waals surface area contributed by atoms with Crippen molar-refractivity contribution in [2.24, 2.45) is 11.1 Å². The molecule has 0 spiro atoms. The summed E-state index contributed by atoms with van der Waals surface area (Å²) in [6.07, 6.45) is 3.17. The smallest absolute Gasteiger partial charge is 0.350 e. The van der Waals surface area contributed by atoms with Crippen LogP contribution in [-0.4, -0.2) is 24.0 Å². The van der Waals surface area contributed by atoms with E-state index < -0.39 is 11.4 Å². The van der Waals surface area contributed by atoms with Crippen molar-refractivity contribution in [3.63, 3.8) is 0 Å². The van der Waals surface area contributed by atoms with Gasteiger partial charge in [0.25, 0.3) is 0 Å².